The molecule has 0 spiro atoms. The first kappa shape index (κ1) is 14.9. The normalized spacial score (nSPS) is 16.0. The number of aromatic carboxylic acids is 1. The van der Waals surface area contributed by atoms with E-state index in [1.807, 2.05) is 0 Å². The van der Waals surface area contributed by atoms with Crippen LogP contribution in [0.5, 0.6) is 5.75 Å². The van der Waals surface area contributed by atoms with E-state index in [9.17, 15) is 4.79 Å². The SMILES string of the molecule is O=C(O)c1cccc(OCCNCC2CCCCC2)c1. The minimum atomic E-state index is -0.925. The van der Waals surface area contributed by atoms with E-state index in [1.165, 1.54) is 32.1 Å². The van der Waals surface area contributed by atoms with Crippen LogP contribution in [0.1, 0.15) is 42.5 Å². The fourth-order valence-electron chi connectivity index (χ4n) is 2.66. The van der Waals surface area contributed by atoms with Gasteiger partial charge in [-0.1, -0.05) is 25.3 Å². The van der Waals surface area contributed by atoms with Crippen molar-refractivity contribution < 1.29 is 14.6 Å². The molecule has 0 bridgehead atoms. The minimum absolute atomic E-state index is 0.262. The fraction of sp³-hybridized carbons (Fsp3) is 0.562. The molecule has 0 radical (unpaired) electrons. The molecule has 1 saturated carbocycles. The van der Waals surface area contributed by atoms with Crippen LogP contribution in [0.25, 0.3) is 0 Å². The van der Waals surface area contributed by atoms with Gasteiger partial charge in [0.1, 0.15) is 12.4 Å². The second kappa shape index (κ2) is 7.90. The maximum absolute atomic E-state index is 10.8. The van der Waals surface area contributed by atoms with E-state index in [0.717, 1.165) is 19.0 Å². The highest BCUT2D eigenvalue weighted by molar-refractivity contribution is 5.87. The van der Waals surface area contributed by atoms with Gasteiger partial charge in [-0.15, -0.1) is 0 Å². The lowest BCUT2D eigenvalue weighted by Gasteiger charge is -2.21. The van der Waals surface area contributed by atoms with Crippen LogP contribution in [0, 0.1) is 5.92 Å². The largest absolute Gasteiger partial charge is 0.492 e. The Morgan fingerprint density at radius 2 is 2.10 bits per heavy atom. The molecule has 110 valence electrons. The molecule has 2 N–H and O–H groups in total. The lowest BCUT2D eigenvalue weighted by atomic mass is 9.89. The Hall–Kier alpha value is -1.55. The molecule has 0 atom stereocenters. The Bertz CT molecular complexity index is 427. The van der Waals surface area contributed by atoms with Gasteiger partial charge in [-0.3, -0.25) is 0 Å². The summed E-state index contributed by atoms with van der Waals surface area (Å²) in [5.41, 5.74) is 0.262. The minimum Gasteiger partial charge on any atom is -0.492 e. The summed E-state index contributed by atoms with van der Waals surface area (Å²) in [4.78, 5) is 10.8. The number of carboxylic acid groups (broad SMARTS) is 1. The standard InChI is InChI=1S/C16H23NO3/c18-16(19)14-7-4-8-15(11-14)20-10-9-17-12-13-5-2-1-3-6-13/h4,7-8,11,13,17H,1-3,5-6,9-10,12H2,(H,18,19). The van der Waals surface area contributed by atoms with Crippen molar-refractivity contribution >= 4 is 5.97 Å². The fourth-order valence-corrected chi connectivity index (χ4v) is 2.66. The molecule has 0 unspecified atom stereocenters. The monoisotopic (exact) mass is 277 g/mol. The molecule has 1 aromatic carbocycles. The first-order valence-electron chi connectivity index (χ1n) is 7.42. The van der Waals surface area contributed by atoms with Crippen LogP contribution in [0.4, 0.5) is 0 Å². The van der Waals surface area contributed by atoms with Crippen molar-refractivity contribution in [2.24, 2.45) is 5.92 Å². The summed E-state index contributed by atoms with van der Waals surface area (Å²) in [6, 6.07) is 6.61. The van der Waals surface area contributed by atoms with Crippen molar-refractivity contribution in [3.8, 4) is 5.75 Å². The van der Waals surface area contributed by atoms with Crippen molar-refractivity contribution in [2.45, 2.75) is 32.1 Å². The van der Waals surface area contributed by atoms with Gasteiger partial charge in [0.15, 0.2) is 0 Å². The Morgan fingerprint density at radius 1 is 1.30 bits per heavy atom. The van der Waals surface area contributed by atoms with Crippen LogP contribution < -0.4 is 10.1 Å². The second-order valence-electron chi connectivity index (χ2n) is 5.39. The van der Waals surface area contributed by atoms with Gasteiger partial charge in [0.25, 0.3) is 0 Å². The summed E-state index contributed by atoms with van der Waals surface area (Å²) in [6.45, 7) is 2.43. The van der Waals surface area contributed by atoms with Gasteiger partial charge in [0.2, 0.25) is 0 Å². The maximum atomic E-state index is 10.8. The van der Waals surface area contributed by atoms with Crippen LogP contribution in [0.15, 0.2) is 24.3 Å². The molecule has 0 aliphatic heterocycles. The Morgan fingerprint density at radius 3 is 2.85 bits per heavy atom. The highest BCUT2D eigenvalue weighted by atomic mass is 16.5. The molecule has 0 aromatic heterocycles. The molecule has 0 heterocycles. The molecule has 0 saturated heterocycles. The molecule has 1 fully saturated rings. The topological polar surface area (TPSA) is 58.6 Å². The number of ether oxygens (including phenoxy) is 1. The number of rotatable bonds is 7. The highest BCUT2D eigenvalue weighted by Crippen LogP contribution is 2.22. The van der Waals surface area contributed by atoms with E-state index >= 15 is 0 Å². The van der Waals surface area contributed by atoms with Crippen molar-refractivity contribution in [3.05, 3.63) is 29.8 Å². The third-order valence-electron chi connectivity index (χ3n) is 3.79. The van der Waals surface area contributed by atoms with Gasteiger partial charge in [-0.25, -0.2) is 4.79 Å². The van der Waals surface area contributed by atoms with Crippen molar-refractivity contribution in [1.29, 1.82) is 0 Å². The molecule has 0 amide bonds. The summed E-state index contributed by atoms with van der Waals surface area (Å²) in [5.74, 6) is 0.509. The van der Waals surface area contributed by atoms with Crippen LogP contribution in [0.3, 0.4) is 0 Å². The number of carboxylic acids is 1. The van der Waals surface area contributed by atoms with Crippen molar-refractivity contribution in [3.63, 3.8) is 0 Å². The van der Waals surface area contributed by atoms with Gasteiger partial charge >= 0.3 is 5.97 Å². The summed E-state index contributed by atoms with van der Waals surface area (Å²) >= 11 is 0. The molecule has 1 aromatic rings. The molecule has 20 heavy (non-hydrogen) atoms. The van der Waals surface area contributed by atoms with Crippen LogP contribution in [0.2, 0.25) is 0 Å². The molecular weight excluding hydrogens is 254 g/mol. The zero-order valence-corrected chi connectivity index (χ0v) is 11.8. The number of benzene rings is 1. The quantitative estimate of drug-likeness (QED) is 0.752. The molecule has 2 rings (SSSR count). The number of carbonyl (C=O) groups is 1. The summed E-state index contributed by atoms with van der Waals surface area (Å²) < 4.78 is 5.56. The number of hydrogen-bond acceptors (Lipinski definition) is 3. The Kier molecular flexibility index (Phi) is 5.87. The lowest BCUT2D eigenvalue weighted by molar-refractivity contribution is 0.0696. The van der Waals surface area contributed by atoms with Crippen LogP contribution in [-0.2, 0) is 0 Å². The van der Waals surface area contributed by atoms with Crippen molar-refractivity contribution in [1.82, 2.24) is 5.32 Å². The average molecular weight is 277 g/mol. The summed E-state index contributed by atoms with van der Waals surface area (Å²) in [7, 11) is 0. The molecule has 1 aliphatic rings. The van der Waals surface area contributed by atoms with Crippen molar-refractivity contribution in [2.75, 3.05) is 19.7 Å². The first-order chi connectivity index (χ1) is 9.75. The van der Waals surface area contributed by atoms with E-state index in [-0.39, 0.29) is 5.56 Å². The zero-order valence-electron chi connectivity index (χ0n) is 11.8. The highest BCUT2D eigenvalue weighted by Gasteiger charge is 2.12. The van der Waals surface area contributed by atoms with Crippen LogP contribution >= 0.6 is 0 Å². The van der Waals surface area contributed by atoms with E-state index in [4.69, 9.17) is 9.84 Å². The van der Waals surface area contributed by atoms with E-state index in [0.29, 0.717) is 12.4 Å². The molecule has 4 nitrogen and oxygen atoms in total. The van der Waals surface area contributed by atoms with Gasteiger partial charge in [-0.2, -0.15) is 0 Å². The second-order valence-corrected chi connectivity index (χ2v) is 5.39. The average Bonchev–Trinajstić information content (AvgIpc) is 2.48. The molecular formula is C16H23NO3. The predicted octanol–water partition coefficient (Wildman–Crippen LogP) is 2.93. The van der Waals surface area contributed by atoms with E-state index in [2.05, 4.69) is 5.32 Å². The summed E-state index contributed by atoms with van der Waals surface area (Å²) in [5, 5.41) is 12.3. The van der Waals surface area contributed by atoms with Gasteiger partial charge < -0.3 is 15.2 Å². The van der Waals surface area contributed by atoms with Crippen LogP contribution in [-0.4, -0.2) is 30.8 Å². The summed E-state index contributed by atoms with van der Waals surface area (Å²) in [6.07, 6.45) is 6.80. The third-order valence-corrected chi connectivity index (χ3v) is 3.79. The smallest absolute Gasteiger partial charge is 0.335 e. The zero-order chi connectivity index (χ0) is 14.2. The van der Waals surface area contributed by atoms with Gasteiger partial charge in [0.05, 0.1) is 5.56 Å². The van der Waals surface area contributed by atoms with E-state index in [1.54, 1.807) is 24.3 Å². The maximum Gasteiger partial charge on any atom is 0.335 e. The van der Waals surface area contributed by atoms with Gasteiger partial charge in [-0.05, 0) is 43.5 Å². The third kappa shape index (κ3) is 4.85. The molecule has 4 heteroatoms. The lowest BCUT2D eigenvalue weighted by Crippen LogP contribution is -2.28. The first-order valence-corrected chi connectivity index (χ1v) is 7.42. The van der Waals surface area contributed by atoms with Gasteiger partial charge in [0, 0.05) is 6.54 Å². The number of nitrogens with one attached hydrogen (secondary N) is 1. The Balaban J connectivity index is 1.63. The Labute approximate surface area is 120 Å². The van der Waals surface area contributed by atoms with E-state index < -0.39 is 5.97 Å². The number of hydrogen-bond donors (Lipinski definition) is 2. The molecule has 1 aliphatic carbocycles. The predicted molar refractivity (Wildman–Crippen MR) is 78.3 cm³/mol.